The molecule has 27 heteroatoms. The van der Waals surface area contributed by atoms with E-state index in [9.17, 15) is 48.4 Å². The SMILES string of the molecule is CC.CC.CC.CC.CC.CC.CC.CC.CC(=O)[C@H]1COC(C)(C)O1.CC1(C)OC[C@H](/C=C/S(=O)(=O)c2ccc(Oc3ccccc3)cc2)O1.CC1(C)OC[C@H](C(=O)CS(=O)(=O)c2ccc(Oc3ccccc3)cc2)O1.CC1(C)OC[C@H](C(O)CS(=O)(=O)c2ccc(Oc3ccccc3)cc2)O1.CS(=O)(=O)c1ccc(Oc2ccccc2)cc1. The third-order valence-electron chi connectivity index (χ3n) is 15.2. The van der Waals surface area contributed by atoms with Crippen molar-refractivity contribution in [2.24, 2.45) is 0 Å². The van der Waals surface area contributed by atoms with Gasteiger partial charge in [-0.25, -0.2) is 33.7 Å². The highest BCUT2D eigenvalue weighted by molar-refractivity contribution is 7.94. The van der Waals surface area contributed by atoms with Crippen molar-refractivity contribution in [2.45, 2.75) is 246 Å². The topological polar surface area (TPSA) is 302 Å². The molecule has 0 saturated carbocycles. The third-order valence-corrected chi connectivity index (χ3v) is 21.2. The number of carbonyl (C=O) groups is 2. The predicted octanol–water partition coefficient (Wildman–Crippen LogP) is 21.5. The van der Waals surface area contributed by atoms with Crippen LogP contribution in [0.5, 0.6) is 46.0 Å². The molecule has 23 nitrogen and oxygen atoms in total. The van der Waals surface area contributed by atoms with E-state index in [2.05, 4.69) is 0 Å². The monoisotopic (exact) mass is 1750 g/mol. The lowest BCUT2D eigenvalue weighted by Gasteiger charge is -2.20. The minimum Gasteiger partial charge on any atom is -0.457 e. The van der Waals surface area contributed by atoms with Crippen molar-refractivity contribution in [1.82, 2.24) is 0 Å². The first-order valence-electron chi connectivity index (χ1n) is 40.8. The first kappa shape index (κ1) is 111. The zero-order valence-corrected chi connectivity index (χ0v) is 78.4. The molecule has 1 N–H and O–H groups in total. The van der Waals surface area contributed by atoms with Gasteiger partial charge in [0.05, 0.1) is 57.9 Å². The number of ether oxygens (including phenoxy) is 12. The predicted molar refractivity (Wildman–Crippen MR) is 477 cm³/mol. The number of carbonyl (C=O) groups excluding carboxylic acids is 2. The Kier molecular flexibility index (Phi) is 52.9. The largest absolute Gasteiger partial charge is 0.457 e. The molecule has 4 fully saturated rings. The molecule has 120 heavy (non-hydrogen) atoms. The van der Waals surface area contributed by atoms with Gasteiger partial charge >= 0.3 is 0 Å². The maximum absolute atomic E-state index is 12.5. The van der Waals surface area contributed by atoms with E-state index in [1.807, 2.05) is 220 Å². The van der Waals surface area contributed by atoms with E-state index >= 15 is 0 Å². The fourth-order valence-electron chi connectivity index (χ4n) is 9.89. The first-order chi connectivity index (χ1) is 56.9. The van der Waals surface area contributed by atoms with Gasteiger partial charge in [-0.15, -0.1) is 0 Å². The Morgan fingerprint density at radius 1 is 0.367 bits per heavy atom. The van der Waals surface area contributed by atoms with Crippen LogP contribution in [-0.2, 0) is 86.8 Å². The van der Waals surface area contributed by atoms with Crippen LogP contribution in [0.2, 0.25) is 0 Å². The van der Waals surface area contributed by atoms with Crippen LogP contribution in [0.3, 0.4) is 0 Å². The van der Waals surface area contributed by atoms with Gasteiger partial charge in [-0.1, -0.05) is 184 Å². The Bertz CT molecular complexity index is 4590. The van der Waals surface area contributed by atoms with Crippen molar-refractivity contribution in [3.63, 3.8) is 0 Å². The van der Waals surface area contributed by atoms with Crippen LogP contribution in [0.4, 0.5) is 0 Å². The molecule has 5 atom stereocenters. The Hall–Kier alpha value is -8.52. The van der Waals surface area contributed by atoms with E-state index in [0.717, 1.165) is 11.2 Å². The molecule has 8 aromatic carbocycles. The number of hydrogen-bond acceptors (Lipinski definition) is 23. The Morgan fingerprint density at radius 3 is 0.917 bits per heavy atom. The number of Topliss-reactive ketones (excluding diaryl/α,β-unsaturated/α-hetero) is 2. The van der Waals surface area contributed by atoms with Crippen molar-refractivity contribution >= 4 is 50.9 Å². The number of aliphatic hydroxyl groups is 1. The van der Waals surface area contributed by atoms with Gasteiger partial charge in [0.25, 0.3) is 0 Å². The summed E-state index contributed by atoms with van der Waals surface area (Å²) < 4.78 is 163. The molecule has 12 rings (SSSR count). The molecule has 0 aliphatic carbocycles. The second kappa shape index (κ2) is 57.0. The maximum atomic E-state index is 12.5. The molecule has 4 aliphatic rings. The molecule has 1 unspecified atom stereocenters. The molecular formula is C93H134O23S4. The second-order valence-electron chi connectivity index (χ2n) is 25.7. The van der Waals surface area contributed by atoms with Crippen molar-refractivity contribution in [2.75, 3.05) is 44.2 Å². The van der Waals surface area contributed by atoms with Gasteiger partial charge in [0.15, 0.2) is 74.1 Å². The number of ketones is 2. The van der Waals surface area contributed by atoms with E-state index in [-0.39, 0.29) is 50.8 Å². The van der Waals surface area contributed by atoms with Crippen LogP contribution >= 0.6 is 0 Å². The zero-order chi connectivity index (χ0) is 91.6. The number of hydrogen-bond donors (Lipinski definition) is 1. The lowest BCUT2D eigenvalue weighted by atomic mass is 10.2. The summed E-state index contributed by atoms with van der Waals surface area (Å²) in [5, 5.41) is 11.4. The quantitative estimate of drug-likeness (QED) is 0.0699. The molecule has 4 heterocycles. The summed E-state index contributed by atoms with van der Waals surface area (Å²) in [7, 11) is -14.1. The fraction of sp³-hybridized carbons (Fsp3) is 0.441. The highest BCUT2D eigenvalue weighted by Crippen LogP contribution is 2.32. The molecular weight excluding hydrogens is 1610 g/mol. The van der Waals surface area contributed by atoms with E-state index in [1.54, 1.807) is 116 Å². The van der Waals surface area contributed by atoms with Crippen LogP contribution in [0.25, 0.3) is 0 Å². The number of sulfone groups is 4. The van der Waals surface area contributed by atoms with Gasteiger partial charge in [0.1, 0.15) is 76.2 Å². The summed E-state index contributed by atoms with van der Waals surface area (Å²) in [6.07, 6.45) is -0.721. The fourth-order valence-corrected chi connectivity index (χ4v) is 14.3. The average Bonchev–Trinajstić information content (AvgIpc) is 1.41. The van der Waals surface area contributed by atoms with Gasteiger partial charge in [-0.05, 0) is 214 Å². The van der Waals surface area contributed by atoms with Gasteiger partial charge in [0.2, 0.25) is 0 Å². The van der Waals surface area contributed by atoms with Crippen molar-refractivity contribution in [3.05, 3.63) is 230 Å². The zero-order valence-electron chi connectivity index (χ0n) is 75.1. The Labute approximate surface area is 718 Å². The summed E-state index contributed by atoms with van der Waals surface area (Å²) >= 11 is 0. The standard InChI is InChI=1S/C19H22O6S.C19H20O6S.C19H20O5S.C13H12O3S.C7H12O3.8C2H6/c2*1-19(2)23-12-18(25-19)17(20)13-26(21,22)16-10-8-15(9-11-16)24-14-6-4-3-5-7-14;1-19(2)22-14-17(24-19)12-13-25(20,21)18-10-8-16(9-11-18)23-15-6-4-3-5-7-15;1-17(14,15)13-9-7-12(8-10-13)16-11-5-3-2-4-6-11;1-5(8)6-4-9-7(2,3)10-6;8*1-2/h3-11,17-18,20H,12-13H2,1-2H3;3-11,18H,12-13H2,1-2H3;3-13,17H,14H2,1-2H3;2-10H,1H3;6H,4H2,1-3H3;8*1-2H3/b;;13-12+;;;;;;;;;;/t17?,18-;18-;17-;;6-;;;;;;;;/m110.1......../s1. The molecule has 0 bridgehead atoms. The minimum atomic E-state index is -3.76. The Balaban J connectivity index is 0.00000144. The summed E-state index contributed by atoms with van der Waals surface area (Å²) in [5.74, 6) is 0.472. The summed E-state index contributed by atoms with van der Waals surface area (Å²) in [6, 6.07) is 61.7. The van der Waals surface area contributed by atoms with Crippen molar-refractivity contribution < 1.29 is 105 Å². The maximum Gasteiger partial charge on any atom is 0.199 e. The van der Waals surface area contributed by atoms with E-state index in [0.29, 0.717) is 53.5 Å². The average molecular weight is 1750 g/mol. The smallest absolute Gasteiger partial charge is 0.199 e. The van der Waals surface area contributed by atoms with E-state index in [4.69, 9.17) is 56.8 Å². The van der Waals surface area contributed by atoms with Crippen LogP contribution in [0.15, 0.2) is 249 Å². The van der Waals surface area contributed by atoms with Crippen LogP contribution in [-0.4, -0.2) is 148 Å². The number of benzene rings is 8. The van der Waals surface area contributed by atoms with Gasteiger partial charge in [-0.3, -0.25) is 9.59 Å². The van der Waals surface area contributed by atoms with Gasteiger partial charge < -0.3 is 61.9 Å². The highest BCUT2D eigenvalue weighted by atomic mass is 32.2. The van der Waals surface area contributed by atoms with Gasteiger partial charge in [0, 0.05) is 11.7 Å². The highest BCUT2D eigenvalue weighted by Gasteiger charge is 2.41. The van der Waals surface area contributed by atoms with Crippen LogP contribution in [0.1, 0.15) is 173 Å². The summed E-state index contributed by atoms with van der Waals surface area (Å²) in [4.78, 5) is 23.6. The number of rotatable bonds is 21. The molecule has 8 aromatic rings. The molecule has 0 amide bonds. The van der Waals surface area contributed by atoms with E-state index < -0.39 is 98.1 Å². The third kappa shape index (κ3) is 41.8. The van der Waals surface area contributed by atoms with E-state index in [1.165, 1.54) is 67.8 Å². The number of para-hydroxylation sites is 4. The van der Waals surface area contributed by atoms with Gasteiger partial charge in [-0.2, -0.15) is 0 Å². The summed E-state index contributed by atoms with van der Waals surface area (Å²) in [6.45, 7) is 48.5. The van der Waals surface area contributed by atoms with Crippen molar-refractivity contribution in [3.8, 4) is 46.0 Å². The van der Waals surface area contributed by atoms with Crippen molar-refractivity contribution in [1.29, 1.82) is 0 Å². The summed E-state index contributed by atoms with van der Waals surface area (Å²) in [5.41, 5.74) is 0. The molecule has 0 spiro atoms. The Morgan fingerprint density at radius 2 is 0.642 bits per heavy atom. The molecule has 0 radical (unpaired) electrons. The first-order valence-corrected chi connectivity index (χ1v) is 47.5. The van der Waals surface area contributed by atoms with Crippen LogP contribution in [0, 0.1) is 0 Å². The number of aliphatic hydroxyl groups excluding tert-OH is 1. The molecule has 4 aliphatic heterocycles. The molecule has 4 saturated heterocycles. The lowest BCUT2D eigenvalue weighted by Crippen LogP contribution is -2.36. The molecule has 0 aromatic heterocycles. The second-order valence-corrected chi connectivity index (χ2v) is 33.6. The minimum absolute atomic E-state index is 0.0329. The van der Waals surface area contributed by atoms with Crippen LogP contribution < -0.4 is 18.9 Å². The molecule has 668 valence electrons. The normalized spacial score (nSPS) is 17.3. The lowest BCUT2D eigenvalue weighted by molar-refractivity contribution is -0.150.